The standard InChI is InChI=1S/C23H27F2N3O2/c1-26(2)12-21(30)27-14-23(15-27)22(16-6-4-3-5-7-16)20(13-29)28(23)11-17-10-18(24)8-9-19(17)25/h3-10,20,22,29H,11-15H2,1-2H3/t20-,22+/m1/s1. The minimum Gasteiger partial charge on any atom is -0.395 e. The van der Waals surface area contributed by atoms with Crippen LogP contribution >= 0.6 is 0 Å². The molecular formula is C23H27F2N3O2. The van der Waals surface area contributed by atoms with Gasteiger partial charge in [0.1, 0.15) is 11.6 Å². The first-order valence-corrected chi connectivity index (χ1v) is 10.1. The molecule has 2 saturated heterocycles. The number of carbonyl (C=O) groups excluding carboxylic acids is 1. The molecule has 30 heavy (non-hydrogen) atoms. The maximum absolute atomic E-state index is 14.3. The third-order valence-corrected chi connectivity index (χ3v) is 6.36. The highest BCUT2D eigenvalue weighted by Crippen LogP contribution is 2.54. The van der Waals surface area contributed by atoms with Crippen LogP contribution in [0.3, 0.4) is 0 Å². The topological polar surface area (TPSA) is 47.0 Å². The minimum absolute atomic E-state index is 0.0173. The summed E-state index contributed by atoms with van der Waals surface area (Å²) in [5.74, 6) is -0.894. The monoisotopic (exact) mass is 415 g/mol. The first-order valence-electron chi connectivity index (χ1n) is 10.1. The fourth-order valence-corrected chi connectivity index (χ4v) is 5.02. The molecule has 7 heteroatoms. The van der Waals surface area contributed by atoms with Crippen molar-refractivity contribution >= 4 is 5.91 Å². The number of benzene rings is 2. The highest BCUT2D eigenvalue weighted by Gasteiger charge is 2.66. The molecule has 0 aromatic heterocycles. The van der Waals surface area contributed by atoms with Gasteiger partial charge in [-0.1, -0.05) is 30.3 Å². The number of likely N-dealkylation sites (tertiary alicyclic amines) is 2. The Kier molecular flexibility index (Phi) is 5.61. The molecular weight excluding hydrogens is 388 g/mol. The van der Waals surface area contributed by atoms with Crippen LogP contribution < -0.4 is 0 Å². The van der Waals surface area contributed by atoms with E-state index in [4.69, 9.17) is 0 Å². The summed E-state index contributed by atoms with van der Waals surface area (Å²) in [6, 6.07) is 13.1. The van der Waals surface area contributed by atoms with Gasteiger partial charge in [0.25, 0.3) is 0 Å². The van der Waals surface area contributed by atoms with Crippen LogP contribution in [0.5, 0.6) is 0 Å². The van der Waals surface area contributed by atoms with Crippen LogP contribution in [-0.4, -0.2) is 77.6 Å². The van der Waals surface area contributed by atoms with Crippen molar-refractivity contribution in [1.29, 1.82) is 0 Å². The van der Waals surface area contributed by atoms with Gasteiger partial charge in [-0.15, -0.1) is 0 Å². The van der Waals surface area contributed by atoms with Crippen molar-refractivity contribution in [2.24, 2.45) is 0 Å². The molecule has 1 spiro atoms. The number of halogens is 2. The Bertz CT molecular complexity index is 916. The number of hydrogen-bond acceptors (Lipinski definition) is 4. The lowest BCUT2D eigenvalue weighted by molar-refractivity contribution is -0.200. The van der Waals surface area contributed by atoms with Gasteiger partial charge in [-0.25, -0.2) is 8.78 Å². The molecule has 1 amide bonds. The lowest BCUT2D eigenvalue weighted by Crippen LogP contribution is -2.84. The van der Waals surface area contributed by atoms with Crippen molar-refractivity contribution < 1.29 is 18.7 Å². The lowest BCUT2D eigenvalue weighted by Gasteiger charge is -2.71. The summed E-state index contributed by atoms with van der Waals surface area (Å²) in [6.45, 7) is 1.44. The van der Waals surface area contributed by atoms with E-state index in [1.165, 1.54) is 6.07 Å². The average Bonchev–Trinajstić information content (AvgIpc) is 2.66. The second-order valence-corrected chi connectivity index (χ2v) is 8.59. The second-order valence-electron chi connectivity index (χ2n) is 8.59. The number of hydrogen-bond donors (Lipinski definition) is 1. The van der Waals surface area contributed by atoms with Gasteiger partial charge < -0.3 is 14.9 Å². The van der Waals surface area contributed by atoms with E-state index in [0.717, 1.165) is 17.7 Å². The average molecular weight is 415 g/mol. The summed E-state index contributed by atoms with van der Waals surface area (Å²) in [4.78, 5) is 18.2. The summed E-state index contributed by atoms with van der Waals surface area (Å²) in [5.41, 5.74) is 0.958. The second kappa shape index (κ2) is 8.06. The summed E-state index contributed by atoms with van der Waals surface area (Å²) in [6.07, 6.45) is 0. The van der Waals surface area contributed by atoms with Crippen molar-refractivity contribution in [3.05, 3.63) is 71.3 Å². The van der Waals surface area contributed by atoms with E-state index in [0.29, 0.717) is 19.6 Å². The summed E-state index contributed by atoms with van der Waals surface area (Å²) < 4.78 is 28.1. The molecule has 0 aliphatic carbocycles. The number of carbonyl (C=O) groups is 1. The Morgan fingerprint density at radius 2 is 1.87 bits per heavy atom. The Labute approximate surface area is 175 Å². The fourth-order valence-electron chi connectivity index (χ4n) is 5.02. The summed E-state index contributed by atoms with van der Waals surface area (Å²) in [5, 5.41) is 10.1. The van der Waals surface area contributed by atoms with E-state index in [2.05, 4.69) is 0 Å². The van der Waals surface area contributed by atoms with Gasteiger partial charge in [0.15, 0.2) is 0 Å². The smallest absolute Gasteiger partial charge is 0.236 e. The van der Waals surface area contributed by atoms with E-state index in [1.54, 1.807) is 4.90 Å². The summed E-state index contributed by atoms with van der Waals surface area (Å²) >= 11 is 0. The predicted octanol–water partition coefficient (Wildman–Crippen LogP) is 2.07. The maximum Gasteiger partial charge on any atom is 0.236 e. The van der Waals surface area contributed by atoms with E-state index < -0.39 is 17.2 Å². The SMILES string of the molecule is CN(C)CC(=O)N1CC2(C1)[C@@H](c1ccccc1)[C@@H](CO)N2Cc1cc(F)ccc1F. The van der Waals surface area contributed by atoms with Crippen molar-refractivity contribution in [3.8, 4) is 0 Å². The molecule has 4 rings (SSSR count). The molecule has 2 aromatic carbocycles. The normalized spacial score (nSPS) is 22.8. The zero-order chi connectivity index (χ0) is 21.5. The molecule has 2 heterocycles. The van der Waals surface area contributed by atoms with Gasteiger partial charge in [0, 0.05) is 37.2 Å². The molecule has 2 fully saturated rings. The molecule has 0 radical (unpaired) electrons. The highest BCUT2D eigenvalue weighted by atomic mass is 19.1. The molecule has 0 unspecified atom stereocenters. The Balaban J connectivity index is 1.63. The molecule has 5 nitrogen and oxygen atoms in total. The van der Waals surface area contributed by atoms with E-state index in [1.807, 2.05) is 54.2 Å². The maximum atomic E-state index is 14.3. The van der Waals surface area contributed by atoms with E-state index in [9.17, 15) is 18.7 Å². The number of aliphatic hydroxyl groups is 1. The zero-order valence-electron chi connectivity index (χ0n) is 17.3. The quantitative estimate of drug-likeness (QED) is 0.785. The van der Waals surface area contributed by atoms with Gasteiger partial charge in [0.05, 0.1) is 18.7 Å². The number of rotatable bonds is 6. The van der Waals surface area contributed by atoms with Gasteiger partial charge >= 0.3 is 0 Å². The van der Waals surface area contributed by atoms with Crippen molar-refractivity contribution in [2.75, 3.05) is 40.3 Å². The Morgan fingerprint density at radius 1 is 1.17 bits per heavy atom. The largest absolute Gasteiger partial charge is 0.395 e. The fraction of sp³-hybridized carbons (Fsp3) is 0.435. The third kappa shape index (κ3) is 3.51. The molecule has 2 aliphatic rings. The highest BCUT2D eigenvalue weighted by molar-refractivity contribution is 5.79. The zero-order valence-corrected chi connectivity index (χ0v) is 17.3. The van der Waals surface area contributed by atoms with Gasteiger partial charge in [-0.2, -0.15) is 0 Å². The Hall–Kier alpha value is -2.35. The lowest BCUT2D eigenvalue weighted by atomic mass is 9.60. The first-order chi connectivity index (χ1) is 14.4. The van der Waals surface area contributed by atoms with Crippen LogP contribution in [0.4, 0.5) is 8.78 Å². The molecule has 1 N–H and O–H groups in total. The van der Waals surface area contributed by atoms with Gasteiger partial charge in [0.2, 0.25) is 5.91 Å². The summed E-state index contributed by atoms with van der Waals surface area (Å²) in [7, 11) is 3.70. The van der Waals surface area contributed by atoms with Gasteiger partial charge in [-0.3, -0.25) is 9.69 Å². The minimum atomic E-state index is -0.488. The predicted molar refractivity (Wildman–Crippen MR) is 110 cm³/mol. The van der Waals surface area contributed by atoms with Crippen molar-refractivity contribution in [1.82, 2.24) is 14.7 Å². The van der Waals surface area contributed by atoms with Crippen LogP contribution in [0, 0.1) is 11.6 Å². The molecule has 2 aliphatic heterocycles. The van der Waals surface area contributed by atoms with Crippen molar-refractivity contribution in [3.63, 3.8) is 0 Å². The first kappa shape index (κ1) is 20.9. The Morgan fingerprint density at radius 3 is 2.50 bits per heavy atom. The van der Waals surface area contributed by atoms with Crippen LogP contribution in [-0.2, 0) is 11.3 Å². The molecule has 160 valence electrons. The number of aliphatic hydroxyl groups excluding tert-OH is 1. The molecule has 0 bridgehead atoms. The number of likely N-dealkylation sites (N-methyl/N-ethyl adjacent to an activating group) is 1. The molecule has 0 saturated carbocycles. The molecule has 2 aromatic rings. The van der Waals surface area contributed by atoms with E-state index >= 15 is 0 Å². The van der Waals surface area contributed by atoms with Gasteiger partial charge in [-0.05, 0) is 37.9 Å². The van der Waals surface area contributed by atoms with Crippen LogP contribution in [0.1, 0.15) is 17.0 Å². The van der Waals surface area contributed by atoms with Crippen LogP contribution in [0.2, 0.25) is 0 Å². The third-order valence-electron chi connectivity index (χ3n) is 6.36. The van der Waals surface area contributed by atoms with Crippen molar-refractivity contribution in [2.45, 2.75) is 24.0 Å². The number of amides is 1. The number of nitrogens with zero attached hydrogens (tertiary/aromatic N) is 3. The van der Waals surface area contributed by atoms with E-state index in [-0.39, 0.29) is 36.6 Å². The van der Waals surface area contributed by atoms with Crippen LogP contribution in [0.25, 0.3) is 0 Å². The van der Waals surface area contributed by atoms with Crippen LogP contribution in [0.15, 0.2) is 48.5 Å². The molecule has 2 atom stereocenters.